The van der Waals surface area contributed by atoms with Crippen molar-refractivity contribution in [1.29, 1.82) is 0 Å². The Morgan fingerprint density at radius 3 is 2.77 bits per heavy atom. The van der Waals surface area contributed by atoms with Crippen molar-refractivity contribution in [2.45, 2.75) is 20.4 Å². The van der Waals surface area contributed by atoms with Gasteiger partial charge in [0.05, 0.1) is 12.8 Å². The molecule has 1 amide bonds. The van der Waals surface area contributed by atoms with E-state index in [4.69, 9.17) is 4.74 Å². The largest absolute Gasteiger partial charge is 0.495 e. The maximum Gasteiger partial charge on any atom is 0.248 e. The first-order chi connectivity index (χ1) is 12.5. The van der Waals surface area contributed by atoms with Crippen molar-refractivity contribution in [2.24, 2.45) is 0 Å². The van der Waals surface area contributed by atoms with Crippen LogP contribution in [0.5, 0.6) is 5.75 Å². The van der Waals surface area contributed by atoms with Crippen molar-refractivity contribution in [3.63, 3.8) is 0 Å². The molecule has 1 aromatic heterocycles. The number of aryl methyl sites for hydroxylation is 2. The standard InChI is InChI=1S/C18H18FN5O2/c1-11-4-7-16(26-3)15(8-11)20-17(25)10-24-22-18(21-23-24)13-5-6-14(19)12(2)9-13/h4-9H,10H2,1-3H3,(H,20,25). The van der Waals surface area contributed by atoms with Gasteiger partial charge in [-0.15, -0.1) is 10.2 Å². The van der Waals surface area contributed by atoms with Crippen LogP contribution in [0.2, 0.25) is 0 Å². The molecule has 134 valence electrons. The number of tetrazole rings is 1. The van der Waals surface area contributed by atoms with Gasteiger partial charge in [0.1, 0.15) is 18.1 Å². The number of benzene rings is 2. The third-order valence-electron chi connectivity index (χ3n) is 3.78. The van der Waals surface area contributed by atoms with Crippen molar-refractivity contribution in [2.75, 3.05) is 12.4 Å². The minimum Gasteiger partial charge on any atom is -0.495 e. The van der Waals surface area contributed by atoms with Crippen LogP contribution < -0.4 is 10.1 Å². The minimum absolute atomic E-state index is 0.107. The van der Waals surface area contributed by atoms with Gasteiger partial charge in [-0.3, -0.25) is 4.79 Å². The average molecular weight is 355 g/mol. The molecule has 3 aromatic rings. The van der Waals surface area contributed by atoms with Gasteiger partial charge in [-0.1, -0.05) is 6.07 Å². The van der Waals surface area contributed by atoms with Crippen molar-refractivity contribution in [3.8, 4) is 17.1 Å². The molecule has 0 saturated carbocycles. The number of anilines is 1. The van der Waals surface area contributed by atoms with E-state index in [1.807, 2.05) is 19.1 Å². The molecule has 2 aromatic carbocycles. The lowest BCUT2D eigenvalue weighted by molar-refractivity contribution is -0.117. The summed E-state index contributed by atoms with van der Waals surface area (Å²) in [5, 5.41) is 14.7. The number of carbonyl (C=O) groups is 1. The number of methoxy groups -OCH3 is 1. The highest BCUT2D eigenvalue weighted by atomic mass is 19.1. The first-order valence-corrected chi connectivity index (χ1v) is 7.95. The molecule has 0 aliphatic rings. The quantitative estimate of drug-likeness (QED) is 0.761. The van der Waals surface area contributed by atoms with Crippen molar-refractivity contribution >= 4 is 11.6 Å². The minimum atomic E-state index is -0.312. The van der Waals surface area contributed by atoms with E-state index in [2.05, 4.69) is 20.7 Å². The molecule has 26 heavy (non-hydrogen) atoms. The zero-order chi connectivity index (χ0) is 18.7. The van der Waals surface area contributed by atoms with E-state index in [1.54, 1.807) is 25.1 Å². The second-order valence-corrected chi connectivity index (χ2v) is 5.86. The Hall–Kier alpha value is -3.29. The number of ether oxygens (including phenoxy) is 1. The zero-order valence-electron chi connectivity index (χ0n) is 14.7. The molecule has 0 unspecified atom stereocenters. The molecule has 1 heterocycles. The number of amides is 1. The second-order valence-electron chi connectivity index (χ2n) is 5.86. The fraction of sp³-hybridized carbons (Fsp3) is 0.222. The van der Waals surface area contributed by atoms with Crippen LogP contribution in [-0.2, 0) is 11.3 Å². The number of rotatable bonds is 5. The van der Waals surface area contributed by atoms with E-state index in [0.29, 0.717) is 28.4 Å². The van der Waals surface area contributed by atoms with Gasteiger partial charge in [-0.2, -0.15) is 4.80 Å². The molecule has 8 heteroatoms. The van der Waals surface area contributed by atoms with Crippen LogP contribution in [0.4, 0.5) is 10.1 Å². The maximum atomic E-state index is 13.4. The summed E-state index contributed by atoms with van der Waals surface area (Å²) < 4.78 is 18.6. The molecule has 0 spiro atoms. The number of carbonyl (C=O) groups excluding carboxylic acids is 1. The molecule has 0 saturated heterocycles. The highest BCUT2D eigenvalue weighted by molar-refractivity contribution is 5.92. The predicted molar refractivity (Wildman–Crippen MR) is 94.3 cm³/mol. The Balaban J connectivity index is 1.72. The van der Waals surface area contributed by atoms with Gasteiger partial charge in [0, 0.05) is 5.56 Å². The fourth-order valence-electron chi connectivity index (χ4n) is 2.45. The number of nitrogens with one attached hydrogen (secondary N) is 1. The molecule has 0 atom stereocenters. The monoisotopic (exact) mass is 355 g/mol. The van der Waals surface area contributed by atoms with Crippen LogP contribution in [0, 0.1) is 19.7 Å². The van der Waals surface area contributed by atoms with E-state index in [9.17, 15) is 9.18 Å². The van der Waals surface area contributed by atoms with Gasteiger partial charge in [-0.05, 0) is 60.5 Å². The molecule has 0 aliphatic carbocycles. The molecule has 1 N–H and O–H groups in total. The lowest BCUT2D eigenvalue weighted by atomic mass is 10.1. The number of hydrogen-bond acceptors (Lipinski definition) is 5. The normalized spacial score (nSPS) is 10.6. The Morgan fingerprint density at radius 1 is 1.23 bits per heavy atom. The summed E-state index contributed by atoms with van der Waals surface area (Å²) in [6.45, 7) is 3.47. The molecule has 0 aliphatic heterocycles. The van der Waals surface area contributed by atoms with Gasteiger partial charge in [0.25, 0.3) is 0 Å². The lowest BCUT2D eigenvalue weighted by Gasteiger charge is -2.10. The van der Waals surface area contributed by atoms with E-state index < -0.39 is 0 Å². The van der Waals surface area contributed by atoms with E-state index >= 15 is 0 Å². The van der Waals surface area contributed by atoms with Crippen LogP contribution in [0.3, 0.4) is 0 Å². The summed E-state index contributed by atoms with van der Waals surface area (Å²) in [6, 6.07) is 10.0. The summed E-state index contributed by atoms with van der Waals surface area (Å²) in [5.41, 5.74) is 2.69. The summed E-state index contributed by atoms with van der Waals surface area (Å²) >= 11 is 0. The van der Waals surface area contributed by atoms with Crippen molar-refractivity contribution in [1.82, 2.24) is 20.2 Å². The SMILES string of the molecule is COc1ccc(C)cc1NC(=O)Cn1nnc(-c2ccc(F)c(C)c2)n1. The van der Waals surface area contributed by atoms with Crippen LogP contribution in [0.25, 0.3) is 11.4 Å². The Kier molecular flexibility index (Phi) is 4.92. The van der Waals surface area contributed by atoms with Crippen LogP contribution >= 0.6 is 0 Å². The Labute approximate surface area is 149 Å². The summed E-state index contributed by atoms with van der Waals surface area (Å²) in [7, 11) is 1.54. The van der Waals surface area contributed by atoms with Crippen molar-refractivity contribution in [3.05, 3.63) is 53.3 Å². The highest BCUT2D eigenvalue weighted by Crippen LogP contribution is 2.25. The molecule has 0 bridgehead atoms. The van der Waals surface area contributed by atoms with Gasteiger partial charge in [-0.25, -0.2) is 4.39 Å². The van der Waals surface area contributed by atoms with Crippen LogP contribution in [0.15, 0.2) is 36.4 Å². The maximum absolute atomic E-state index is 13.4. The lowest BCUT2D eigenvalue weighted by Crippen LogP contribution is -2.20. The first-order valence-electron chi connectivity index (χ1n) is 7.95. The van der Waals surface area contributed by atoms with Gasteiger partial charge in [0.15, 0.2) is 0 Å². The number of aromatic nitrogens is 4. The molecule has 3 rings (SSSR count). The molecule has 7 nitrogen and oxygen atoms in total. The Morgan fingerprint density at radius 2 is 2.04 bits per heavy atom. The van der Waals surface area contributed by atoms with Crippen LogP contribution in [0.1, 0.15) is 11.1 Å². The summed E-state index contributed by atoms with van der Waals surface area (Å²) in [5.74, 6) is 0.285. The number of halogens is 1. The molecule has 0 radical (unpaired) electrons. The average Bonchev–Trinajstić information content (AvgIpc) is 3.06. The molecule has 0 fully saturated rings. The van der Waals surface area contributed by atoms with Gasteiger partial charge in [0.2, 0.25) is 11.7 Å². The number of hydrogen-bond donors (Lipinski definition) is 1. The van der Waals surface area contributed by atoms with E-state index in [0.717, 1.165) is 5.56 Å². The second kappa shape index (κ2) is 7.30. The fourth-order valence-corrected chi connectivity index (χ4v) is 2.45. The van der Waals surface area contributed by atoms with E-state index in [-0.39, 0.29) is 18.3 Å². The summed E-state index contributed by atoms with van der Waals surface area (Å²) in [4.78, 5) is 13.4. The Bertz CT molecular complexity index is 955. The third-order valence-corrected chi connectivity index (χ3v) is 3.78. The van der Waals surface area contributed by atoms with E-state index in [1.165, 1.54) is 18.0 Å². The van der Waals surface area contributed by atoms with Crippen molar-refractivity contribution < 1.29 is 13.9 Å². The topological polar surface area (TPSA) is 81.9 Å². The van der Waals surface area contributed by atoms with Crippen LogP contribution in [-0.4, -0.2) is 33.2 Å². The highest BCUT2D eigenvalue weighted by Gasteiger charge is 2.12. The molecular formula is C18H18FN5O2. The summed E-state index contributed by atoms with van der Waals surface area (Å²) in [6.07, 6.45) is 0. The number of nitrogens with zero attached hydrogens (tertiary/aromatic N) is 4. The molecular weight excluding hydrogens is 337 g/mol. The first kappa shape index (κ1) is 17.5. The third kappa shape index (κ3) is 3.85. The smallest absolute Gasteiger partial charge is 0.248 e. The van der Waals surface area contributed by atoms with Gasteiger partial charge >= 0.3 is 0 Å². The van der Waals surface area contributed by atoms with Gasteiger partial charge < -0.3 is 10.1 Å². The predicted octanol–water partition coefficient (Wildman–Crippen LogP) is 2.74. The zero-order valence-corrected chi connectivity index (χ0v) is 14.7.